The molecule has 5 rings (SSSR count). The SMILES string of the molecule is O=c1[nH]nc(Cc2ccc(Cl)cc2)n1N=Cc1ccc(C=Nn2c(Cc3ccc(Cl)cc3)n[nH]c2=O)cc1. The standard InChI is InChI=1S/C26H20Cl2N8O2/c27-21-9-5-17(6-10-21)13-23-31-33-25(37)35(23)29-15-19-1-2-20(4-3-19)16-30-36-24(32-34-26(36)38)14-18-7-11-22(28)12-8-18/h1-12,15-16H,13-14H2,(H,33,37)(H,34,38). The molecular formula is C26H20Cl2N8O2. The number of H-pyrrole nitrogens is 2. The third-order valence-corrected chi connectivity index (χ3v) is 6.07. The van der Waals surface area contributed by atoms with Crippen molar-refractivity contribution in [3.8, 4) is 0 Å². The second kappa shape index (κ2) is 11.2. The first kappa shape index (κ1) is 25.1. The van der Waals surface area contributed by atoms with Gasteiger partial charge in [-0.2, -0.15) is 29.8 Å². The van der Waals surface area contributed by atoms with E-state index in [0.29, 0.717) is 34.5 Å². The molecule has 38 heavy (non-hydrogen) atoms. The third-order valence-electron chi connectivity index (χ3n) is 5.57. The number of hydrogen-bond acceptors (Lipinski definition) is 6. The molecule has 0 bridgehead atoms. The minimum atomic E-state index is -0.436. The summed E-state index contributed by atoms with van der Waals surface area (Å²) in [5.41, 5.74) is 2.54. The lowest BCUT2D eigenvalue weighted by Crippen LogP contribution is -2.15. The van der Waals surface area contributed by atoms with E-state index in [1.165, 1.54) is 9.35 Å². The molecule has 2 aromatic heterocycles. The van der Waals surface area contributed by atoms with Gasteiger partial charge in [0.1, 0.15) is 0 Å². The topological polar surface area (TPSA) is 126 Å². The summed E-state index contributed by atoms with van der Waals surface area (Å²) in [6, 6.07) is 21.9. The normalized spacial score (nSPS) is 11.6. The van der Waals surface area contributed by atoms with Gasteiger partial charge in [-0.1, -0.05) is 71.7 Å². The molecule has 2 heterocycles. The molecule has 0 saturated carbocycles. The van der Waals surface area contributed by atoms with E-state index in [1.54, 1.807) is 36.7 Å². The zero-order valence-corrected chi connectivity index (χ0v) is 21.3. The van der Waals surface area contributed by atoms with Gasteiger partial charge in [-0.15, -0.1) is 0 Å². The van der Waals surface area contributed by atoms with Crippen molar-refractivity contribution < 1.29 is 0 Å². The van der Waals surface area contributed by atoms with Crippen molar-refractivity contribution in [2.75, 3.05) is 0 Å². The first-order chi connectivity index (χ1) is 18.4. The van der Waals surface area contributed by atoms with E-state index in [0.717, 1.165) is 22.3 Å². The molecule has 12 heteroatoms. The lowest BCUT2D eigenvalue weighted by Gasteiger charge is -2.02. The van der Waals surface area contributed by atoms with Gasteiger partial charge in [0.05, 0.1) is 12.4 Å². The quantitative estimate of drug-likeness (QED) is 0.287. The van der Waals surface area contributed by atoms with Crippen LogP contribution < -0.4 is 11.4 Å². The predicted octanol–water partition coefficient (Wildman–Crippen LogP) is 3.71. The Morgan fingerprint density at radius 3 is 1.37 bits per heavy atom. The average molecular weight is 547 g/mol. The van der Waals surface area contributed by atoms with Crippen LogP contribution in [0.15, 0.2) is 92.6 Å². The van der Waals surface area contributed by atoms with Gasteiger partial charge >= 0.3 is 11.4 Å². The number of nitrogens with zero attached hydrogens (tertiary/aromatic N) is 6. The zero-order valence-electron chi connectivity index (χ0n) is 19.8. The molecule has 10 nitrogen and oxygen atoms in total. The average Bonchev–Trinajstić information content (AvgIpc) is 3.45. The smallest absolute Gasteiger partial charge is 0.244 e. The molecule has 0 unspecified atom stereocenters. The summed E-state index contributed by atoms with van der Waals surface area (Å²) in [6.45, 7) is 0. The Bertz CT molecular complexity index is 1580. The molecule has 190 valence electrons. The van der Waals surface area contributed by atoms with Crippen LogP contribution in [0.4, 0.5) is 0 Å². The fraction of sp³-hybridized carbons (Fsp3) is 0.0769. The van der Waals surface area contributed by atoms with Crippen molar-refractivity contribution in [2.45, 2.75) is 12.8 Å². The number of hydrogen-bond donors (Lipinski definition) is 2. The lowest BCUT2D eigenvalue weighted by molar-refractivity contribution is 0.775. The second-order valence-corrected chi connectivity index (χ2v) is 9.15. The number of aromatic amines is 2. The Labute approximate surface area is 225 Å². The zero-order chi connectivity index (χ0) is 26.5. The number of benzene rings is 3. The molecule has 0 aliphatic rings. The molecule has 3 aromatic carbocycles. The molecule has 0 amide bonds. The molecule has 0 spiro atoms. The van der Waals surface area contributed by atoms with Crippen molar-refractivity contribution in [1.82, 2.24) is 29.7 Å². The highest BCUT2D eigenvalue weighted by Gasteiger charge is 2.09. The van der Waals surface area contributed by atoms with E-state index in [9.17, 15) is 9.59 Å². The van der Waals surface area contributed by atoms with Crippen molar-refractivity contribution in [1.29, 1.82) is 0 Å². The highest BCUT2D eigenvalue weighted by Crippen LogP contribution is 2.13. The Morgan fingerprint density at radius 2 is 1.00 bits per heavy atom. The van der Waals surface area contributed by atoms with E-state index >= 15 is 0 Å². The second-order valence-electron chi connectivity index (χ2n) is 8.28. The van der Waals surface area contributed by atoms with Crippen LogP contribution in [0.3, 0.4) is 0 Å². The minimum Gasteiger partial charge on any atom is -0.244 e. The number of rotatable bonds is 8. The van der Waals surface area contributed by atoms with Gasteiger partial charge in [0, 0.05) is 22.9 Å². The van der Waals surface area contributed by atoms with E-state index in [1.807, 2.05) is 48.5 Å². The number of aromatic nitrogens is 6. The monoisotopic (exact) mass is 546 g/mol. The van der Waals surface area contributed by atoms with E-state index in [-0.39, 0.29) is 0 Å². The van der Waals surface area contributed by atoms with E-state index in [2.05, 4.69) is 30.6 Å². The minimum absolute atomic E-state index is 0.413. The van der Waals surface area contributed by atoms with Crippen LogP contribution in [-0.2, 0) is 12.8 Å². The molecule has 0 saturated heterocycles. The van der Waals surface area contributed by atoms with Gasteiger partial charge in [-0.3, -0.25) is 0 Å². The van der Waals surface area contributed by atoms with Crippen molar-refractivity contribution in [2.24, 2.45) is 10.2 Å². The van der Waals surface area contributed by atoms with Crippen LogP contribution in [0.2, 0.25) is 10.0 Å². The third kappa shape index (κ3) is 6.05. The molecule has 0 atom stereocenters. The molecule has 5 aromatic rings. The maximum Gasteiger partial charge on any atom is 0.364 e. The Morgan fingerprint density at radius 1 is 0.632 bits per heavy atom. The lowest BCUT2D eigenvalue weighted by atomic mass is 10.1. The van der Waals surface area contributed by atoms with E-state index in [4.69, 9.17) is 23.2 Å². The molecule has 0 aliphatic heterocycles. The summed E-state index contributed by atoms with van der Waals surface area (Å²) in [5, 5.41) is 22.9. The first-order valence-corrected chi connectivity index (χ1v) is 12.2. The van der Waals surface area contributed by atoms with E-state index < -0.39 is 11.4 Å². The van der Waals surface area contributed by atoms with Gasteiger partial charge < -0.3 is 0 Å². The van der Waals surface area contributed by atoms with Crippen LogP contribution in [0.5, 0.6) is 0 Å². The van der Waals surface area contributed by atoms with Crippen LogP contribution in [0, 0.1) is 0 Å². The Hall–Kier alpha value is -4.54. The fourth-order valence-corrected chi connectivity index (χ4v) is 3.85. The first-order valence-electron chi connectivity index (χ1n) is 11.4. The van der Waals surface area contributed by atoms with Gasteiger partial charge in [-0.25, -0.2) is 19.8 Å². The van der Waals surface area contributed by atoms with Crippen LogP contribution in [-0.4, -0.2) is 42.2 Å². The molecule has 0 fully saturated rings. The highest BCUT2D eigenvalue weighted by atomic mass is 35.5. The fourth-order valence-electron chi connectivity index (χ4n) is 3.60. The summed E-state index contributed by atoms with van der Waals surface area (Å²) in [5.74, 6) is 0.939. The van der Waals surface area contributed by atoms with Gasteiger partial charge in [0.25, 0.3) is 0 Å². The Balaban J connectivity index is 1.28. The predicted molar refractivity (Wildman–Crippen MR) is 147 cm³/mol. The van der Waals surface area contributed by atoms with Crippen molar-refractivity contribution in [3.05, 3.63) is 138 Å². The van der Waals surface area contributed by atoms with Gasteiger partial charge in [0.15, 0.2) is 11.6 Å². The number of nitrogens with one attached hydrogen (secondary N) is 2. The van der Waals surface area contributed by atoms with Crippen LogP contribution >= 0.6 is 23.2 Å². The van der Waals surface area contributed by atoms with Crippen molar-refractivity contribution in [3.63, 3.8) is 0 Å². The van der Waals surface area contributed by atoms with Crippen molar-refractivity contribution >= 4 is 35.6 Å². The summed E-state index contributed by atoms with van der Waals surface area (Å²) < 4.78 is 2.44. The molecule has 0 aliphatic carbocycles. The maximum atomic E-state index is 12.2. The summed E-state index contributed by atoms with van der Waals surface area (Å²) in [6.07, 6.45) is 3.95. The van der Waals surface area contributed by atoms with Crippen LogP contribution in [0.25, 0.3) is 0 Å². The number of halogens is 2. The Kier molecular flexibility index (Phi) is 7.43. The molecule has 2 N–H and O–H groups in total. The summed E-state index contributed by atoms with van der Waals surface area (Å²) >= 11 is 11.9. The highest BCUT2D eigenvalue weighted by molar-refractivity contribution is 6.30. The summed E-state index contributed by atoms with van der Waals surface area (Å²) in [7, 11) is 0. The van der Waals surface area contributed by atoms with Gasteiger partial charge in [-0.05, 0) is 46.5 Å². The molecular weight excluding hydrogens is 527 g/mol. The van der Waals surface area contributed by atoms with Crippen LogP contribution in [0.1, 0.15) is 33.9 Å². The van der Waals surface area contributed by atoms with Gasteiger partial charge in [0.2, 0.25) is 0 Å². The maximum absolute atomic E-state index is 12.2. The summed E-state index contributed by atoms with van der Waals surface area (Å²) in [4.78, 5) is 24.4. The molecule has 0 radical (unpaired) electrons. The largest absolute Gasteiger partial charge is 0.364 e.